The molecule has 2 nitrogen and oxygen atoms in total. The van der Waals surface area contributed by atoms with Crippen LogP contribution >= 0.6 is 17.0 Å². The Morgan fingerprint density at radius 2 is 1.06 bits per heavy atom. The average molecular weight is 553 g/mol. The van der Waals surface area contributed by atoms with Gasteiger partial charge in [0.2, 0.25) is 0 Å². The van der Waals surface area contributed by atoms with Crippen molar-refractivity contribution in [1.82, 2.24) is 0 Å². The second-order valence-electron chi connectivity index (χ2n) is 7.67. The van der Waals surface area contributed by atoms with Gasteiger partial charge in [-0.1, -0.05) is 58.7 Å². The van der Waals surface area contributed by atoms with Crippen molar-refractivity contribution in [2.24, 2.45) is 0 Å². The van der Waals surface area contributed by atoms with Gasteiger partial charge in [0, 0.05) is 0 Å². The molecule has 6 aromatic rings. The summed E-state index contributed by atoms with van der Waals surface area (Å²) in [6.07, 6.45) is 3.42. The van der Waals surface area contributed by atoms with Crippen LogP contribution in [0, 0.1) is 13.8 Å². The second kappa shape index (κ2) is 11.2. The molecule has 0 amide bonds. The van der Waals surface area contributed by atoms with E-state index in [2.05, 4.69) is 74.5 Å². The molecule has 2 aromatic heterocycles. The second-order valence-corrected chi connectivity index (χ2v) is 11.4. The standard InChI is InChI=1S/2C14H11O.2ClH.Zr/c2*1-10-4-2-5-11-8-12(9-13(10)11)14-6-3-7-15-14;;;/h2*2-9H,1H3;2*1H;/q2*-1;;;+4/p-2. The van der Waals surface area contributed by atoms with Gasteiger partial charge in [-0.2, -0.15) is 0 Å². The van der Waals surface area contributed by atoms with E-state index >= 15 is 0 Å². The summed E-state index contributed by atoms with van der Waals surface area (Å²) in [4.78, 5) is 0. The summed E-state index contributed by atoms with van der Waals surface area (Å²) >= 11 is -0.826. The first-order valence-corrected chi connectivity index (χ1v) is 16.8. The number of fused-ring (bicyclic) bond motifs is 2. The third-order valence-corrected chi connectivity index (χ3v) is 5.55. The first-order chi connectivity index (χ1) is 16.1. The molecule has 0 spiro atoms. The Morgan fingerprint density at radius 3 is 1.39 bits per heavy atom. The van der Waals surface area contributed by atoms with Crippen molar-refractivity contribution in [3.05, 3.63) is 109 Å². The number of hydrogen-bond acceptors (Lipinski definition) is 2. The van der Waals surface area contributed by atoms with Crippen LogP contribution in [0.25, 0.3) is 44.2 Å². The maximum absolute atomic E-state index is 5.39. The zero-order valence-corrected chi connectivity index (χ0v) is 22.3. The molecule has 0 aliphatic carbocycles. The molecule has 0 unspecified atom stereocenters. The van der Waals surface area contributed by atoms with Gasteiger partial charge in [-0.25, -0.2) is 0 Å². The van der Waals surface area contributed by atoms with Crippen molar-refractivity contribution in [3.8, 4) is 22.6 Å². The van der Waals surface area contributed by atoms with Gasteiger partial charge in [-0.15, -0.1) is 57.9 Å². The summed E-state index contributed by atoms with van der Waals surface area (Å²) in [6.45, 7) is 4.27. The molecule has 0 aliphatic rings. The number of rotatable bonds is 2. The van der Waals surface area contributed by atoms with E-state index < -0.39 is 20.8 Å². The van der Waals surface area contributed by atoms with Crippen LogP contribution in [0.4, 0.5) is 0 Å². The number of aryl methyl sites for hydroxylation is 2. The van der Waals surface area contributed by atoms with Crippen LogP contribution < -0.4 is 0 Å². The first kappa shape index (κ1) is 23.8. The molecule has 0 bridgehead atoms. The van der Waals surface area contributed by atoms with E-state index in [-0.39, 0.29) is 0 Å². The van der Waals surface area contributed by atoms with Crippen LogP contribution in [0.1, 0.15) is 11.1 Å². The Morgan fingerprint density at radius 1 is 0.636 bits per heavy atom. The monoisotopic (exact) mass is 550 g/mol. The van der Waals surface area contributed by atoms with Gasteiger partial charge >= 0.3 is 37.9 Å². The van der Waals surface area contributed by atoms with Crippen molar-refractivity contribution in [2.75, 3.05) is 0 Å². The third kappa shape index (κ3) is 5.61. The van der Waals surface area contributed by atoms with E-state index in [1.54, 1.807) is 12.5 Å². The number of hydrogen-bond donors (Lipinski definition) is 0. The van der Waals surface area contributed by atoms with Gasteiger partial charge in [0.1, 0.15) is 0 Å². The molecular weight excluding hydrogens is 530 g/mol. The fraction of sp³-hybridized carbons (Fsp3) is 0.0714. The molecule has 6 rings (SSSR count). The summed E-state index contributed by atoms with van der Waals surface area (Å²) in [5, 5.41) is 5.18. The molecular formula is C28H22Cl2O2Zr. The molecule has 0 fully saturated rings. The molecule has 0 saturated carbocycles. The summed E-state index contributed by atoms with van der Waals surface area (Å²) in [5.41, 5.74) is 4.93. The predicted octanol–water partition coefficient (Wildman–Crippen LogP) is 9.63. The first-order valence-electron chi connectivity index (χ1n) is 10.5. The van der Waals surface area contributed by atoms with Crippen molar-refractivity contribution < 1.29 is 29.7 Å². The van der Waals surface area contributed by atoms with E-state index in [1.165, 1.54) is 32.7 Å². The number of halogens is 2. The van der Waals surface area contributed by atoms with Crippen LogP contribution in [0.2, 0.25) is 0 Å². The van der Waals surface area contributed by atoms with Crippen molar-refractivity contribution >= 4 is 38.6 Å². The van der Waals surface area contributed by atoms with Crippen molar-refractivity contribution in [2.45, 2.75) is 13.8 Å². The fourth-order valence-electron chi connectivity index (χ4n) is 3.95. The van der Waals surface area contributed by atoms with E-state index in [1.807, 2.05) is 24.3 Å². The average Bonchev–Trinajstić information content (AvgIpc) is 3.61. The van der Waals surface area contributed by atoms with Crippen LogP contribution in [-0.4, -0.2) is 0 Å². The molecule has 33 heavy (non-hydrogen) atoms. The zero-order valence-electron chi connectivity index (χ0n) is 18.3. The number of benzene rings is 2. The van der Waals surface area contributed by atoms with Crippen molar-refractivity contribution in [1.29, 1.82) is 0 Å². The Balaban J connectivity index is 0.000000141. The number of furan rings is 2. The summed E-state index contributed by atoms with van der Waals surface area (Å²) in [7, 11) is 9.87. The Labute approximate surface area is 212 Å². The summed E-state index contributed by atoms with van der Waals surface area (Å²) in [6, 6.07) is 29.2. The molecule has 4 aromatic carbocycles. The minimum atomic E-state index is -0.826. The Kier molecular flexibility index (Phi) is 8.09. The minimum absolute atomic E-state index is 0.826. The van der Waals surface area contributed by atoms with Gasteiger partial charge < -0.3 is 8.83 Å². The molecule has 2 heterocycles. The van der Waals surface area contributed by atoms with Gasteiger partial charge in [-0.3, -0.25) is 0 Å². The Bertz CT molecular complexity index is 1310. The fourth-order valence-corrected chi connectivity index (χ4v) is 3.95. The maximum atomic E-state index is 5.39. The van der Waals surface area contributed by atoms with Crippen LogP contribution in [0.15, 0.2) is 106 Å². The van der Waals surface area contributed by atoms with Gasteiger partial charge in [0.05, 0.1) is 24.0 Å². The molecule has 0 aliphatic heterocycles. The summed E-state index contributed by atoms with van der Waals surface area (Å²) in [5.74, 6) is 1.87. The quantitative estimate of drug-likeness (QED) is 0.200. The molecule has 0 N–H and O–H groups in total. The summed E-state index contributed by atoms with van der Waals surface area (Å²) < 4.78 is 10.8. The predicted molar refractivity (Wildman–Crippen MR) is 136 cm³/mol. The zero-order chi connectivity index (χ0) is 23.2. The van der Waals surface area contributed by atoms with E-state index in [9.17, 15) is 0 Å². The molecule has 0 atom stereocenters. The van der Waals surface area contributed by atoms with Crippen LogP contribution in [-0.2, 0) is 20.8 Å². The topological polar surface area (TPSA) is 26.3 Å². The molecule has 0 saturated heterocycles. The van der Waals surface area contributed by atoms with Crippen LogP contribution in [0.3, 0.4) is 0 Å². The van der Waals surface area contributed by atoms with E-state index in [0.717, 1.165) is 22.6 Å². The Hall–Kier alpha value is -2.32. The normalized spacial score (nSPS) is 10.3. The SMILES string of the molecule is Cc1cccc2[cH-]c(-c3ccco3)cc12.Cc1cccc2[cH-]c(-c3ccco3)cc12.[Cl][Zr+2][Cl]. The van der Waals surface area contributed by atoms with Gasteiger partial charge in [0.25, 0.3) is 0 Å². The molecule has 0 radical (unpaired) electrons. The van der Waals surface area contributed by atoms with Crippen molar-refractivity contribution in [3.63, 3.8) is 0 Å². The van der Waals surface area contributed by atoms with Crippen LogP contribution in [0.5, 0.6) is 0 Å². The molecule has 5 heteroatoms. The van der Waals surface area contributed by atoms with Gasteiger partial charge in [-0.05, 0) is 26.0 Å². The van der Waals surface area contributed by atoms with E-state index in [4.69, 9.17) is 25.9 Å². The third-order valence-electron chi connectivity index (χ3n) is 5.55. The molecule has 164 valence electrons. The van der Waals surface area contributed by atoms with Gasteiger partial charge in [0.15, 0.2) is 0 Å². The van der Waals surface area contributed by atoms with E-state index in [0.29, 0.717) is 0 Å².